The molecule has 2 heterocycles. The van der Waals surface area contributed by atoms with Crippen LogP contribution >= 0.6 is 0 Å². The SMILES string of the molecule is COC(=O)NCCCC(O)(c1cccc(F)c1-c1cccc(C)c1)[C@@H]1CCCN(C(=O)c2ccc(COC(=O)N(Cc3nn[nH]n3)C(C)(C)C)cc2)C1. The number of halogens is 1. The summed E-state index contributed by atoms with van der Waals surface area (Å²) in [5.41, 5.74) is 1.42. The molecule has 0 spiro atoms. The summed E-state index contributed by atoms with van der Waals surface area (Å²) in [4.78, 5) is 41.9. The van der Waals surface area contributed by atoms with Gasteiger partial charge in [0.2, 0.25) is 0 Å². The highest BCUT2D eigenvalue weighted by atomic mass is 19.1. The number of hydrogen-bond donors (Lipinski definition) is 3. The van der Waals surface area contributed by atoms with E-state index in [0.29, 0.717) is 59.4 Å². The maximum absolute atomic E-state index is 15.7. The molecule has 3 N–H and O–H groups in total. The number of nitrogens with zero attached hydrogens (tertiary/aromatic N) is 5. The minimum absolute atomic E-state index is 0.00725. The first-order chi connectivity index (χ1) is 25.3. The van der Waals surface area contributed by atoms with Crippen molar-refractivity contribution < 1.29 is 33.4 Å². The molecular formula is C39H48FN7O6. The molecule has 0 bridgehead atoms. The molecule has 3 aromatic carbocycles. The van der Waals surface area contributed by atoms with Crippen LogP contribution in [0, 0.1) is 18.7 Å². The number of rotatable bonds is 12. The second kappa shape index (κ2) is 17.0. The molecule has 5 rings (SSSR count). The van der Waals surface area contributed by atoms with E-state index in [9.17, 15) is 19.5 Å². The molecule has 3 amide bonds. The van der Waals surface area contributed by atoms with Gasteiger partial charge in [0.1, 0.15) is 12.4 Å². The number of aryl methyl sites for hydroxylation is 1. The van der Waals surface area contributed by atoms with Crippen LogP contribution in [0.1, 0.15) is 79.3 Å². The molecule has 0 aliphatic carbocycles. The number of benzene rings is 3. The summed E-state index contributed by atoms with van der Waals surface area (Å²) < 4.78 is 26.1. The van der Waals surface area contributed by atoms with E-state index in [4.69, 9.17) is 9.47 Å². The van der Waals surface area contributed by atoms with Gasteiger partial charge in [-0.1, -0.05) is 59.3 Å². The lowest BCUT2D eigenvalue weighted by Gasteiger charge is -2.43. The van der Waals surface area contributed by atoms with Gasteiger partial charge in [-0.25, -0.2) is 14.0 Å². The molecule has 1 saturated heterocycles. The molecule has 53 heavy (non-hydrogen) atoms. The number of carbonyl (C=O) groups excluding carboxylic acids is 3. The van der Waals surface area contributed by atoms with Crippen molar-refractivity contribution in [1.82, 2.24) is 35.7 Å². The first-order valence-electron chi connectivity index (χ1n) is 17.8. The number of alkyl carbamates (subject to hydrolysis) is 1. The molecule has 282 valence electrons. The van der Waals surface area contributed by atoms with E-state index in [0.717, 1.165) is 5.56 Å². The first-order valence-corrected chi connectivity index (χ1v) is 17.8. The zero-order valence-electron chi connectivity index (χ0n) is 30.9. The number of tetrazole rings is 1. The topological polar surface area (TPSA) is 163 Å². The van der Waals surface area contributed by atoms with Gasteiger partial charge in [-0.2, -0.15) is 5.21 Å². The molecular weight excluding hydrogens is 681 g/mol. The van der Waals surface area contributed by atoms with Crippen molar-refractivity contribution in [2.24, 2.45) is 5.92 Å². The van der Waals surface area contributed by atoms with Gasteiger partial charge in [-0.05, 0) is 88.3 Å². The van der Waals surface area contributed by atoms with Crippen LogP contribution in [0.5, 0.6) is 0 Å². The number of nitrogens with one attached hydrogen (secondary N) is 2. The number of aromatic nitrogens is 4. The highest BCUT2D eigenvalue weighted by Crippen LogP contribution is 2.44. The van der Waals surface area contributed by atoms with Gasteiger partial charge in [-0.15, -0.1) is 10.2 Å². The lowest BCUT2D eigenvalue weighted by Crippen LogP contribution is -2.48. The zero-order chi connectivity index (χ0) is 38.2. The van der Waals surface area contributed by atoms with Crippen molar-refractivity contribution in [2.75, 3.05) is 26.7 Å². The minimum atomic E-state index is -1.53. The summed E-state index contributed by atoms with van der Waals surface area (Å²) in [6.45, 7) is 8.66. The Hall–Kier alpha value is -5.37. The van der Waals surface area contributed by atoms with Gasteiger partial charge in [0.25, 0.3) is 5.91 Å². The van der Waals surface area contributed by atoms with E-state index in [-0.39, 0.29) is 38.6 Å². The number of aliphatic hydroxyl groups is 1. The van der Waals surface area contributed by atoms with Gasteiger partial charge >= 0.3 is 12.2 Å². The van der Waals surface area contributed by atoms with Crippen LogP contribution in [0.3, 0.4) is 0 Å². The minimum Gasteiger partial charge on any atom is -0.453 e. The van der Waals surface area contributed by atoms with Gasteiger partial charge in [0.15, 0.2) is 5.82 Å². The number of H-pyrrole nitrogens is 1. The normalized spacial score (nSPS) is 15.7. The summed E-state index contributed by atoms with van der Waals surface area (Å²) in [6, 6.07) is 19.1. The summed E-state index contributed by atoms with van der Waals surface area (Å²) >= 11 is 0. The second-order valence-corrected chi connectivity index (χ2v) is 14.4. The molecule has 13 nitrogen and oxygen atoms in total. The third-order valence-electron chi connectivity index (χ3n) is 9.64. The Morgan fingerprint density at radius 3 is 2.53 bits per heavy atom. The summed E-state index contributed by atoms with van der Waals surface area (Å²) in [6.07, 6.45) is 0.718. The summed E-state index contributed by atoms with van der Waals surface area (Å²) in [5.74, 6) is -0.728. The van der Waals surface area contributed by atoms with Crippen molar-refractivity contribution in [2.45, 2.75) is 77.7 Å². The Morgan fingerprint density at radius 1 is 1.09 bits per heavy atom. The maximum atomic E-state index is 15.7. The molecule has 1 aliphatic heterocycles. The highest BCUT2D eigenvalue weighted by molar-refractivity contribution is 5.94. The van der Waals surface area contributed by atoms with Gasteiger partial charge in [-0.3, -0.25) is 9.69 Å². The number of aromatic amines is 1. The molecule has 1 aromatic heterocycles. The van der Waals surface area contributed by atoms with Crippen LogP contribution in [0.15, 0.2) is 66.7 Å². The number of likely N-dealkylation sites (tertiary alicyclic amines) is 1. The fourth-order valence-corrected chi connectivity index (χ4v) is 6.83. The first kappa shape index (κ1) is 38.9. The maximum Gasteiger partial charge on any atom is 0.410 e. The third-order valence-corrected chi connectivity index (χ3v) is 9.64. The van der Waals surface area contributed by atoms with Crippen LogP contribution in [-0.2, 0) is 28.2 Å². The zero-order valence-corrected chi connectivity index (χ0v) is 30.9. The van der Waals surface area contributed by atoms with Crippen molar-refractivity contribution in [3.05, 3.63) is 101 Å². The Kier molecular flexibility index (Phi) is 12.4. The van der Waals surface area contributed by atoms with Crippen molar-refractivity contribution in [3.63, 3.8) is 0 Å². The molecule has 4 aromatic rings. The number of methoxy groups -OCH3 is 1. The largest absolute Gasteiger partial charge is 0.453 e. The van der Waals surface area contributed by atoms with E-state index >= 15 is 4.39 Å². The highest BCUT2D eigenvalue weighted by Gasteiger charge is 2.43. The monoisotopic (exact) mass is 729 g/mol. The number of hydrogen-bond acceptors (Lipinski definition) is 9. The molecule has 1 fully saturated rings. The summed E-state index contributed by atoms with van der Waals surface area (Å²) in [7, 11) is 1.28. The Bertz CT molecular complexity index is 1860. The van der Waals surface area contributed by atoms with E-state index in [1.54, 1.807) is 41.3 Å². The molecule has 1 unspecified atom stereocenters. The molecule has 0 saturated carbocycles. The fraction of sp³-hybridized carbons (Fsp3) is 0.436. The molecule has 14 heteroatoms. The molecule has 1 aliphatic rings. The van der Waals surface area contributed by atoms with Gasteiger partial charge in [0.05, 0.1) is 19.3 Å². The van der Waals surface area contributed by atoms with Crippen LogP contribution in [-0.4, -0.2) is 85.9 Å². The van der Waals surface area contributed by atoms with E-state index in [1.165, 1.54) is 18.1 Å². The fourth-order valence-electron chi connectivity index (χ4n) is 6.83. The number of piperidine rings is 1. The van der Waals surface area contributed by atoms with E-state index < -0.39 is 35.1 Å². The van der Waals surface area contributed by atoms with Gasteiger partial charge < -0.3 is 24.8 Å². The average molecular weight is 730 g/mol. The average Bonchev–Trinajstić information content (AvgIpc) is 3.67. The lowest BCUT2D eigenvalue weighted by atomic mass is 9.72. The third kappa shape index (κ3) is 9.55. The van der Waals surface area contributed by atoms with Crippen LogP contribution in [0.4, 0.5) is 14.0 Å². The van der Waals surface area contributed by atoms with Gasteiger partial charge in [0, 0.05) is 42.2 Å². The van der Waals surface area contributed by atoms with Crippen molar-refractivity contribution in [3.8, 4) is 11.1 Å². The Labute approximate surface area is 308 Å². The number of carbonyl (C=O) groups is 3. The Morgan fingerprint density at radius 2 is 1.85 bits per heavy atom. The number of ether oxygens (including phenoxy) is 2. The smallest absolute Gasteiger partial charge is 0.410 e. The quantitative estimate of drug-likeness (QED) is 0.146. The van der Waals surface area contributed by atoms with Crippen LogP contribution in [0.2, 0.25) is 0 Å². The Balaban J connectivity index is 1.32. The van der Waals surface area contributed by atoms with E-state index in [2.05, 4.69) is 25.9 Å². The van der Waals surface area contributed by atoms with Crippen molar-refractivity contribution >= 4 is 18.1 Å². The summed E-state index contributed by atoms with van der Waals surface area (Å²) in [5, 5.41) is 29.2. The van der Waals surface area contributed by atoms with Crippen LogP contribution in [0.25, 0.3) is 11.1 Å². The lowest BCUT2D eigenvalue weighted by molar-refractivity contribution is -0.0564. The van der Waals surface area contributed by atoms with E-state index in [1.807, 2.05) is 52.0 Å². The molecule has 2 atom stereocenters. The molecule has 0 radical (unpaired) electrons. The van der Waals surface area contributed by atoms with Crippen molar-refractivity contribution in [1.29, 1.82) is 0 Å². The number of amides is 3. The predicted octanol–water partition coefficient (Wildman–Crippen LogP) is 6.13. The standard InChI is InChI=1S/C39H48FN7O6/c1-26-10-6-11-29(22-26)34-31(13-7-14-32(34)40)39(51,19-9-20-41-36(49)52-5)30-12-8-21-46(23-30)35(48)28-17-15-27(16-18-28)25-53-37(50)47(38(2,3)4)24-33-42-44-45-43-33/h6-7,10-11,13-18,22,30,51H,8-9,12,19-21,23-25H2,1-5H3,(H,41,49)(H,42,43,44,45)/t30-,39?/m1/s1. The second-order valence-electron chi connectivity index (χ2n) is 14.4. The van der Waals surface area contributed by atoms with Crippen LogP contribution < -0.4 is 5.32 Å². The predicted molar refractivity (Wildman–Crippen MR) is 195 cm³/mol.